The lowest BCUT2D eigenvalue weighted by Gasteiger charge is -2.23. The number of methoxy groups -OCH3 is 1. The van der Waals surface area contributed by atoms with Crippen LogP contribution in [0.4, 0.5) is 13.2 Å². The van der Waals surface area contributed by atoms with Crippen LogP contribution in [-0.4, -0.2) is 24.0 Å². The lowest BCUT2D eigenvalue weighted by atomic mass is 10.1. The molecule has 1 aliphatic rings. The maximum atomic E-state index is 12.7. The molecule has 1 fully saturated rings. The molecule has 138 valence electrons. The van der Waals surface area contributed by atoms with Crippen molar-refractivity contribution < 1.29 is 22.7 Å². The quantitative estimate of drug-likeness (QED) is 0.759. The number of carbonyl (C=O) groups excluding carboxylic acids is 1. The van der Waals surface area contributed by atoms with Gasteiger partial charge >= 0.3 is 6.18 Å². The third-order valence-corrected chi connectivity index (χ3v) is 4.46. The Morgan fingerprint density at radius 2 is 1.62 bits per heavy atom. The van der Waals surface area contributed by atoms with Crippen molar-refractivity contribution in [3.05, 3.63) is 65.2 Å². The van der Waals surface area contributed by atoms with Gasteiger partial charge in [-0.15, -0.1) is 0 Å². The topological polar surface area (TPSA) is 29.5 Å². The Balaban J connectivity index is 1.67. The first kappa shape index (κ1) is 18.3. The first-order chi connectivity index (χ1) is 12.4. The molecule has 0 aliphatic heterocycles. The van der Waals surface area contributed by atoms with Gasteiger partial charge in [0, 0.05) is 12.6 Å². The summed E-state index contributed by atoms with van der Waals surface area (Å²) in [6.07, 6.45) is -2.33. The van der Waals surface area contributed by atoms with E-state index in [1.807, 2.05) is 29.2 Å². The van der Waals surface area contributed by atoms with Gasteiger partial charge in [0.25, 0.3) is 0 Å². The molecule has 1 aliphatic carbocycles. The monoisotopic (exact) mass is 363 g/mol. The summed E-state index contributed by atoms with van der Waals surface area (Å²) in [6, 6.07) is 12.5. The standard InChI is InChI=1S/C20H20F3NO2/c1-26-18-10-4-15(5-11-18)13-24(17-8-9-17)19(25)12-14-2-6-16(7-3-14)20(21,22)23/h2-7,10-11,17H,8-9,12-13H2,1H3. The molecule has 3 nitrogen and oxygen atoms in total. The van der Waals surface area contributed by atoms with Crippen molar-refractivity contribution in [1.82, 2.24) is 4.90 Å². The lowest BCUT2D eigenvalue weighted by Crippen LogP contribution is -2.33. The molecule has 0 aromatic heterocycles. The highest BCUT2D eigenvalue weighted by Gasteiger charge is 2.33. The molecule has 2 aromatic carbocycles. The van der Waals surface area contributed by atoms with Crippen LogP contribution in [0.3, 0.4) is 0 Å². The van der Waals surface area contributed by atoms with Crippen molar-refractivity contribution in [3.63, 3.8) is 0 Å². The van der Waals surface area contributed by atoms with Gasteiger partial charge in [-0.05, 0) is 48.2 Å². The van der Waals surface area contributed by atoms with E-state index < -0.39 is 11.7 Å². The number of amides is 1. The van der Waals surface area contributed by atoms with Gasteiger partial charge in [0.05, 0.1) is 19.1 Å². The zero-order chi connectivity index (χ0) is 18.7. The van der Waals surface area contributed by atoms with Crippen LogP contribution < -0.4 is 4.74 Å². The van der Waals surface area contributed by atoms with Gasteiger partial charge in [0.2, 0.25) is 5.91 Å². The Hall–Kier alpha value is -2.50. The van der Waals surface area contributed by atoms with Crippen LogP contribution in [0.5, 0.6) is 5.75 Å². The molecular formula is C20H20F3NO2. The summed E-state index contributed by atoms with van der Waals surface area (Å²) in [5.74, 6) is 0.686. The van der Waals surface area contributed by atoms with E-state index in [4.69, 9.17) is 4.74 Å². The minimum Gasteiger partial charge on any atom is -0.497 e. The Morgan fingerprint density at radius 1 is 1.04 bits per heavy atom. The van der Waals surface area contributed by atoms with Crippen molar-refractivity contribution in [3.8, 4) is 5.75 Å². The summed E-state index contributed by atoms with van der Waals surface area (Å²) >= 11 is 0. The van der Waals surface area contributed by atoms with Crippen molar-refractivity contribution in [2.24, 2.45) is 0 Å². The van der Waals surface area contributed by atoms with E-state index in [1.54, 1.807) is 7.11 Å². The maximum Gasteiger partial charge on any atom is 0.416 e. The summed E-state index contributed by atoms with van der Waals surface area (Å²) in [6.45, 7) is 0.494. The number of alkyl halides is 3. The molecule has 0 unspecified atom stereocenters. The van der Waals surface area contributed by atoms with E-state index in [0.29, 0.717) is 12.1 Å². The number of hydrogen-bond acceptors (Lipinski definition) is 2. The molecule has 1 saturated carbocycles. The Morgan fingerprint density at radius 3 is 2.12 bits per heavy atom. The van der Waals surface area contributed by atoms with Gasteiger partial charge in [0.15, 0.2) is 0 Å². The number of rotatable bonds is 6. The number of halogens is 3. The minimum absolute atomic E-state index is 0.0666. The molecule has 2 aromatic rings. The Labute approximate surface area is 150 Å². The molecule has 0 heterocycles. The fourth-order valence-corrected chi connectivity index (χ4v) is 2.82. The number of ether oxygens (including phenoxy) is 1. The lowest BCUT2D eigenvalue weighted by molar-refractivity contribution is -0.137. The van der Waals surface area contributed by atoms with Crippen molar-refractivity contribution >= 4 is 5.91 Å². The largest absolute Gasteiger partial charge is 0.497 e. The second kappa shape index (κ2) is 7.40. The maximum absolute atomic E-state index is 12.7. The smallest absolute Gasteiger partial charge is 0.416 e. The number of benzene rings is 2. The van der Waals surface area contributed by atoms with Crippen molar-refractivity contribution in [2.75, 3.05) is 7.11 Å². The molecule has 0 N–H and O–H groups in total. The molecule has 3 rings (SSSR count). The molecule has 6 heteroatoms. The Bertz CT molecular complexity index is 750. The number of hydrogen-bond donors (Lipinski definition) is 0. The molecule has 1 amide bonds. The summed E-state index contributed by atoms with van der Waals surface area (Å²) in [5.41, 5.74) is 0.882. The van der Waals surface area contributed by atoms with E-state index in [9.17, 15) is 18.0 Å². The first-order valence-corrected chi connectivity index (χ1v) is 8.45. The zero-order valence-corrected chi connectivity index (χ0v) is 14.4. The average molecular weight is 363 g/mol. The van der Waals surface area contributed by atoms with Crippen LogP contribution in [0.1, 0.15) is 29.5 Å². The van der Waals surface area contributed by atoms with Gasteiger partial charge in [-0.1, -0.05) is 24.3 Å². The van der Waals surface area contributed by atoms with E-state index in [2.05, 4.69) is 0 Å². The van der Waals surface area contributed by atoms with Gasteiger partial charge in [-0.25, -0.2) is 0 Å². The van der Waals surface area contributed by atoms with Gasteiger partial charge < -0.3 is 9.64 Å². The van der Waals surface area contributed by atoms with Crippen LogP contribution in [0, 0.1) is 0 Å². The highest BCUT2D eigenvalue weighted by atomic mass is 19.4. The third kappa shape index (κ3) is 4.56. The van der Waals surface area contributed by atoms with E-state index >= 15 is 0 Å². The highest BCUT2D eigenvalue weighted by molar-refractivity contribution is 5.79. The molecule has 0 atom stereocenters. The summed E-state index contributed by atoms with van der Waals surface area (Å²) in [7, 11) is 1.60. The normalized spacial score (nSPS) is 14.2. The third-order valence-electron chi connectivity index (χ3n) is 4.46. The molecule has 0 radical (unpaired) electrons. The van der Waals surface area contributed by atoms with E-state index in [1.165, 1.54) is 12.1 Å². The fourth-order valence-electron chi connectivity index (χ4n) is 2.82. The minimum atomic E-state index is -4.36. The number of carbonyl (C=O) groups is 1. The van der Waals surface area contributed by atoms with Crippen LogP contribution in [0.15, 0.2) is 48.5 Å². The zero-order valence-electron chi connectivity index (χ0n) is 14.4. The highest BCUT2D eigenvalue weighted by Crippen LogP contribution is 2.31. The van der Waals surface area contributed by atoms with Crippen LogP contribution in [0.25, 0.3) is 0 Å². The predicted molar refractivity (Wildman–Crippen MR) is 91.7 cm³/mol. The number of nitrogens with zero attached hydrogens (tertiary/aromatic N) is 1. The van der Waals surface area contributed by atoms with Crippen molar-refractivity contribution in [2.45, 2.75) is 38.0 Å². The van der Waals surface area contributed by atoms with Crippen molar-refractivity contribution in [1.29, 1.82) is 0 Å². The van der Waals surface area contributed by atoms with Gasteiger partial charge in [-0.3, -0.25) is 4.79 Å². The fraction of sp³-hybridized carbons (Fsp3) is 0.350. The summed E-state index contributed by atoms with van der Waals surface area (Å²) in [4.78, 5) is 14.5. The molecule has 0 spiro atoms. The van der Waals surface area contributed by atoms with E-state index in [0.717, 1.165) is 36.3 Å². The molecular weight excluding hydrogens is 343 g/mol. The molecule has 0 saturated heterocycles. The predicted octanol–water partition coefficient (Wildman–Crippen LogP) is 4.45. The van der Waals surface area contributed by atoms with Crippen LogP contribution >= 0.6 is 0 Å². The Kier molecular flexibility index (Phi) is 5.20. The first-order valence-electron chi connectivity index (χ1n) is 8.45. The van der Waals surface area contributed by atoms with Crippen LogP contribution in [0.2, 0.25) is 0 Å². The second-order valence-corrected chi connectivity index (χ2v) is 6.47. The van der Waals surface area contributed by atoms with E-state index in [-0.39, 0.29) is 18.4 Å². The van der Waals surface area contributed by atoms with Crippen LogP contribution in [-0.2, 0) is 23.9 Å². The van der Waals surface area contributed by atoms with Gasteiger partial charge in [0.1, 0.15) is 5.75 Å². The average Bonchev–Trinajstić information content (AvgIpc) is 3.44. The SMILES string of the molecule is COc1ccc(CN(C(=O)Cc2ccc(C(F)(F)F)cc2)C2CC2)cc1. The molecule has 0 bridgehead atoms. The van der Waals surface area contributed by atoms with Gasteiger partial charge in [-0.2, -0.15) is 13.2 Å². The molecule has 26 heavy (non-hydrogen) atoms. The summed E-state index contributed by atoms with van der Waals surface area (Å²) < 4.78 is 43.0. The second-order valence-electron chi connectivity index (χ2n) is 6.47. The summed E-state index contributed by atoms with van der Waals surface area (Å²) in [5, 5.41) is 0.